The number of ether oxygens (including phenoxy) is 1. The van der Waals surface area contributed by atoms with E-state index >= 15 is 0 Å². The standard InChI is InChI=1S/C20H31N5O3/c1-7-10-14(17-24-23-15-11-8-9-12-25(15)17)21-16(26)13-20(5,6)22-18(27)28-19(2,3)4/h8-9,11-12,14H,7,10,13H2,1-6H3,(H,21,26)(H,22,27). The second-order valence-corrected chi connectivity index (χ2v) is 8.58. The minimum absolute atomic E-state index is 0.114. The molecule has 2 aromatic rings. The summed E-state index contributed by atoms with van der Waals surface area (Å²) in [5.74, 6) is 0.524. The van der Waals surface area contributed by atoms with Gasteiger partial charge in [-0.15, -0.1) is 10.2 Å². The van der Waals surface area contributed by atoms with E-state index in [-0.39, 0.29) is 18.4 Å². The van der Waals surface area contributed by atoms with Gasteiger partial charge in [0.1, 0.15) is 5.60 Å². The van der Waals surface area contributed by atoms with Gasteiger partial charge >= 0.3 is 6.09 Å². The molecule has 0 bridgehead atoms. The Morgan fingerprint density at radius 2 is 1.89 bits per heavy atom. The van der Waals surface area contributed by atoms with Crippen LogP contribution >= 0.6 is 0 Å². The topological polar surface area (TPSA) is 97.6 Å². The van der Waals surface area contributed by atoms with Crippen LogP contribution in [0, 0.1) is 0 Å². The van der Waals surface area contributed by atoms with E-state index < -0.39 is 17.2 Å². The molecule has 2 heterocycles. The van der Waals surface area contributed by atoms with Crippen molar-refractivity contribution in [2.75, 3.05) is 0 Å². The van der Waals surface area contributed by atoms with Gasteiger partial charge in [0.05, 0.1) is 6.04 Å². The number of pyridine rings is 1. The van der Waals surface area contributed by atoms with Gasteiger partial charge in [-0.05, 0) is 53.2 Å². The zero-order valence-electron chi connectivity index (χ0n) is 17.6. The highest BCUT2D eigenvalue weighted by atomic mass is 16.6. The molecule has 0 aliphatic heterocycles. The summed E-state index contributed by atoms with van der Waals surface area (Å²) in [4.78, 5) is 24.7. The summed E-state index contributed by atoms with van der Waals surface area (Å²) in [7, 11) is 0. The minimum Gasteiger partial charge on any atom is -0.444 e. The van der Waals surface area contributed by atoms with E-state index in [9.17, 15) is 9.59 Å². The molecule has 0 fully saturated rings. The molecular weight excluding hydrogens is 358 g/mol. The largest absolute Gasteiger partial charge is 0.444 e. The Balaban J connectivity index is 2.05. The summed E-state index contributed by atoms with van der Waals surface area (Å²) >= 11 is 0. The van der Waals surface area contributed by atoms with Crippen molar-refractivity contribution in [3.63, 3.8) is 0 Å². The lowest BCUT2D eigenvalue weighted by molar-refractivity contribution is -0.123. The van der Waals surface area contributed by atoms with Crippen LogP contribution < -0.4 is 10.6 Å². The van der Waals surface area contributed by atoms with Crippen molar-refractivity contribution in [1.29, 1.82) is 0 Å². The number of aromatic nitrogens is 3. The van der Waals surface area contributed by atoms with Gasteiger partial charge < -0.3 is 15.4 Å². The lowest BCUT2D eigenvalue weighted by Crippen LogP contribution is -2.48. The average molecular weight is 390 g/mol. The number of hydrogen-bond donors (Lipinski definition) is 2. The Bertz CT molecular complexity index is 823. The molecule has 8 nitrogen and oxygen atoms in total. The van der Waals surface area contributed by atoms with Gasteiger partial charge in [-0.2, -0.15) is 0 Å². The van der Waals surface area contributed by atoms with E-state index in [1.54, 1.807) is 34.6 Å². The molecule has 0 aliphatic rings. The van der Waals surface area contributed by atoms with Crippen LogP contribution in [0.1, 0.15) is 72.7 Å². The quantitative estimate of drug-likeness (QED) is 0.756. The van der Waals surface area contributed by atoms with Crippen LogP contribution in [0.5, 0.6) is 0 Å². The Labute approximate surface area is 166 Å². The van der Waals surface area contributed by atoms with Crippen molar-refractivity contribution < 1.29 is 14.3 Å². The molecule has 154 valence electrons. The number of fused-ring (bicyclic) bond motifs is 1. The number of nitrogens with zero attached hydrogens (tertiary/aromatic N) is 3. The molecule has 1 unspecified atom stereocenters. The number of carbonyl (C=O) groups excluding carboxylic acids is 2. The van der Waals surface area contributed by atoms with E-state index in [4.69, 9.17) is 4.74 Å². The molecule has 28 heavy (non-hydrogen) atoms. The van der Waals surface area contributed by atoms with Crippen molar-refractivity contribution in [1.82, 2.24) is 25.2 Å². The van der Waals surface area contributed by atoms with Crippen molar-refractivity contribution in [2.45, 2.75) is 78.0 Å². The first-order valence-electron chi connectivity index (χ1n) is 9.61. The zero-order chi connectivity index (χ0) is 20.9. The number of carbonyl (C=O) groups is 2. The molecule has 2 rings (SSSR count). The predicted molar refractivity (Wildman–Crippen MR) is 107 cm³/mol. The summed E-state index contributed by atoms with van der Waals surface area (Å²) in [5.41, 5.74) is -0.612. The molecule has 2 amide bonds. The van der Waals surface area contributed by atoms with Gasteiger partial charge in [-0.1, -0.05) is 19.4 Å². The summed E-state index contributed by atoms with van der Waals surface area (Å²) < 4.78 is 7.16. The van der Waals surface area contributed by atoms with E-state index in [0.29, 0.717) is 5.82 Å². The molecule has 1 atom stereocenters. The van der Waals surface area contributed by atoms with Gasteiger partial charge in [0, 0.05) is 18.2 Å². The van der Waals surface area contributed by atoms with Gasteiger partial charge in [-0.25, -0.2) is 4.79 Å². The molecule has 8 heteroatoms. The first-order valence-corrected chi connectivity index (χ1v) is 9.61. The third-order valence-corrected chi connectivity index (χ3v) is 4.01. The predicted octanol–water partition coefficient (Wildman–Crippen LogP) is 3.38. The van der Waals surface area contributed by atoms with Crippen LogP contribution in [0.2, 0.25) is 0 Å². The molecular formula is C20H31N5O3. The SMILES string of the molecule is CCCC(NC(=O)CC(C)(C)NC(=O)OC(C)(C)C)c1nnc2ccccn12. The first kappa shape index (κ1) is 21.7. The molecule has 2 aromatic heterocycles. The van der Waals surface area contributed by atoms with Crippen LogP contribution in [0.4, 0.5) is 4.79 Å². The lowest BCUT2D eigenvalue weighted by Gasteiger charge is -2.28. The number of hydrogen-bond acceptors (Lipinski definition) is 5. The van der Waals surface area contributed by atoms with Gasteiger partial charge in [0.25, 0.3) is 0 Å². The van der Waals surface area contributed by atoms with Crippen LogP contribution in [0.15, 0.2) is 24.4 Å². The Hall–Kier alpha value is -2.64. The highest BCUT2D eigenvalue weighted by Gasteiger charge is 2.28. The van der Waals surface area contributed by atoms with Crippen molar-refractivity contribution >= 4 is 17.6 Å². The average Bonchev–Trinajstić information content (AvgIpc) is 2.95. The highest BCUT2D eigenvalue weighted by molar-refractivity contribution is 5.79. The Morgan fingerprint density at radius 1 is 1.18 bits per heavy atom. The van der Waals surface area contributed by atoms with Crippen molar-refractivity contribution in [2.24, 2.45) is 0 Å². The Kier molecular flexibility index (Phi) is 6.64. The summed E-state index contributed by atoms with van der Waals surface area (Å²) in [6, 6.07) is 5.41. The summed E-state index contributed by atoms with van der Waals surface area (Å²) in [5, 5.41) is 14.2. The van der Waals surface area contributed by atoms with Gasteiger partial charge in [-0.3, -0.25) is 9.20 Å². The van der Waals surface area contributed by atoms with Crippen LogP contribution in [-0.4, -0.2) is 37.7 Å². The van der Waals surface area contributed by atoms with E-state index in [1.807, 2.05) is 28.8 Å². The molecule has 0 saturated carbocycles. The normalized spacial score (nSPS) is 13.2. The number of alkyl carbamates (subject to hydrolysis) is 1. The maximum absolute atomic E-state index is 12.7. The van der Waals surface area contributed by atoms with E-state index in [1.165, 1.54) is 0 Å². The fourth-order valence-corrected chi connectivity index (χ4v) is 2.92. The summed E-state index contributed by atoms with van der Waals surface area (Å²) in [6.45, 7) is 11.0. The van der Waals surface area contributed by atoms with Crippen molar-refractivity contribution in [3.05, 3.63) is 30.2 Å². The number of rotatable bonds is 7. The number of nitrogens with one attached hydrogen (secondary N) is 2. The highest BCUT2D eigenvalue weighted by Crippen LogP contribution is 2.19. The Morgan fingerprint density at radius 3 is 2.54 bits per heavy atom. The van der Waals surface area contributed by atoms with Gasteiger partial charge in [0.15, 0.2) is 11.5 Å². The maximum Gasteiger partial charge on any atom is 0.408 e. The van der Waals surface area contributed by atoms with Crippen LogP contribution in [0.25, 0.3) is 5.65 Å². The van der Waals surface area contributed by atoms with E-state index in [2.05, 4.69) is 27.8 Å². The molecule has 0 radical (unpaired) electrons. The summed E-state index contributed by atoms with van der Waals surface area (Å²) in [6.07, 6.45) is 3.07. The maximum atomic E-state index is 12.7. The fourth-order valence-electron chi connectivity index (χ4n) is 2.92. The zero-order valence-corrected chi connectivity index (χ0v) is 17.6. The van der Waals surface area contributed by atoms with Gasteiger partial charge in [0.2, 0.25) is 5.91 Å². The molecule has 0 saturated heterocycles. The first-order chi connectivity index (χ1) is 13.0. The third-order valence-electron chi connectivity index (χ3n) is 4.01. The monoisotopic (exact) mass is 389 g/mol. The fraction of sp³-hybridized carbons (Fsp3) is 0.600. The van der Waals surface area contributed by atoms with Crippen LogP contribution in [-0.2, 0) is 9.53 Å². The second-order valence-electron chi connectivity index (χ2n) is 8.58. The second kappa shape index (κ2) is 8.58. The molecule has 0 spiro atoms. The molecule has 2 N–H and O–H groups in total. The smallest absolute Gasteiger partial charge is 0.408 e. The van der Waals surface area contributed by atoms with Crippen molar-refractivity contribution in [3.8, 4) is 0 Å². The minimum atomic E-state index is -0.754. The lowest BCUT2D eigenvalue weighted by atomic mass is 10.00. The molecule has 0 aliphatic carbocycles. The van der Waals surface area contributed by atoms with Crippen LogP contribution in [0.3, 0.4) is 0 Å². The van der Waals surface area contributed by atoms with E-state index in [0.717, 1.165) is 18.5 Å². The molecule has 0 aromatic carbocycles. The number of amides is 2. The third kappa shape index (κ3) is 6.21.